The zero-order chi connectivity index (χ0) is 12.7. The number of H-pyrrole nitrogens is 1. The lowest BCUT2D eigenvalue weighted by Gasteiger charge is -2.07. The van der Waals surface area contributed by atoms with Gasteiger partial charge in [0.15, 0.2) is 0 Å². The van der Waals surface area contributed by atoms with Crippen LogP contribution in [0, 0.1) is 13.8 Å². The van der Waals surface area contributed by atoms with Gasteiger partial charge in [0.2, 0.25) is 0 Å². The quantitative estimate of drug-likeness (QED) is 0.655. The van der Waals surface area contributed by atoms with Crippen LogP contribution in [0.25, 0.3) is 22.0 Å². The van der Waals surface area contributed by atoms with E-state index < -0.39 is 0 Å². The van der Waals surface area contributed by atoms with E-state index in [1.54, 1.807) is 6.07 Å². The average molecular weight is 237 g/mol. The first-order valence-electron chi connectivity index (χ1n) is 6.03. The predicted octanol–water partition coefficient (Wildman–Crippen LogP) is 4.16. The van der Waals surface area contributed by atoms with Crippen LogP contribution in [0.5, 0.6) is 5.75 Å². The van der Waals surface area contributed by atoms with E-state index in [-0.39, 0.29) is 0 Å². The molecule has 0 fully saturated rings. The molecule has 0 amide bonds. The molecule has 90 valence electrons. The second-order valence-electron chi connectivity index (χ2n) is 4.72. The zero-order valence-electron chi connectivity index (χ0n) is 10.5. The molecule has 0 aliphatic heterocycles. The summed E-state index contributed by atoms with van der Waals surface area (Å²) in [6.07, 6.45) is 2.00. The number of hydrogen-bond donors (Lipinski definition) is 2. The number of phenols is 1. The van der Waals surface area contributed by atoms with Crippen molar-refractivity contribution < 1.29 is 5.11 Å². The molecule has 3 aromatic rings. The minimum absolute atomic E-state index is 0.320. The van der Waals surface area contributed by atoms with Crippen LogP contribution in [-0.4, -0.2) is 10.1 Å². The molecular weight excluding hydrogens is 222 g/mol. The van der Waals surface area contributed by atoms with E-state index in [9.17, 15) is 5.11 Å². The molecule has 2 nitrogen and oxygen atoms in total. The Morgan fingerprint density at radius 2 is 1.83 bits per heavy atom. The second-order valence-corrected chi connectivity index (χ2v) is 4.72. The SMILES string of the molecule is Cc1ccc(O)c(-c2cccc3c(C)c[nH]c23)c1. The fourth-order valence-corrected chi connectivity index (χ4v) is 2.38. The normalized spacial score (nSPS) is 11.0. The number of aromatic hydroxyl groups is 1. The summed E-state index contributed by atoms with van der Waals surface area (Å²) >= 11 is 0. The van der Waals surface area contributed by atoms with Crippen molar-refractivity contribution in [3.05, 3.63) is 53.7 Å². The molecule has 0 aliphatic rings. The highest BCUT2D eigenvalue weighted by Crippen LogP contribution is 2.35. The van der Waals surface area contributed by atoms with E-state index in [4.69, 9.17) is 0 Å². The first-order chi connectivity index (χ1) is 8.66. The monoisotopic (exact) mass is 237 g/mol. The number of aryl methyl sites for hydroxylation is 2. The molecule has 18 heavy (non-hydrogen) atoms. The van der Waals surface area contributed by atoms with Crippen LogP contribution in [0.4, 0.5) is 0 Å². The van der Waals surface area contributed by atoms with Gasteiger partial charge < -0.3 is 10.1 Å². The number of rotatable bonds is 1. The molecule has 0 spiro atoms. The molecule has 2 aromatic carbocycles. The summed E-state index contributed by atoms with van der Waals surface area (Å²) in [5, 5.41) is 11.2. The fourth-order valence-electron chi connectivity index (χ4n) is 2.38. The summed E-state index contributed by atoms with van der Waals surface area (Å²) < 4.78 is 0. The van der Waals surface area contributed by atoms with Gasteiger partial charge in [-0.25, -0.2) is 0 Å². The van der Waals surface area contributed by atoms with Crippen molar-refractivity contribution >= 4 is 10.9 Å². The smallest absolute Gasteiger partial charge is 0.123 e. The van der Waals surface area contributed by atoms with Gasteiger partial charge in [0.1, 0.15) is 5.75 Å². The Morgan fingerprint density at radius 1 is 1.00 bits per heavy atom. The van der Waals surface area contributed by atoms with E-state index in [1.807, 2.05) is 37.4 Å². The minimum Gasteiger partial charge on any atom is -0.507 e. The minimum atomic E-state index is 0.320. The van der Waals surface area contributed by atoms with Gasteiger partial charge in [-0.05, 0) is 31.5 Å². The summed E-state index contributed by atoms with van der Waals surface area (Å²) in [7, 11) is 0. The summed E-state index contributed by atoms with van der Waals surface area (Å²) in [6.45, 7) is 4.11. The standard InChI is InChI=1S/C16H15NO/c1-10-6-7-15(18)14(8-10)13-5-3-4-12-11(2)9-17-16(12)13/h3-9,17-18H,1-2H3. The third kappa shape index (κ3) is 1.58. The molecule has 0 atom stereocenters. The fraction of sp³-hybridized carbons (Fsp3) is 0.125. The van der Waals surface area contributed by atoms with E-state index in [2.05, 4.69) is 18.0 Å². The first-order valence-corrected chi connectivity index (χ1v) is 6.03. The molecule has 0 saturated heterocycles. The number of benzene rings is 2. The molecular formula is C16H15NO. The van der Waals surface area contributed by atoms with E-state index in [0.29, 0.717) is 5.75 Å². The molecule has 0 saturated carbocycles. The predicted molar refractivity (Wildman–Crippen MR) is 74.9 cm³/mol. The van der Waals surface area contributed by atoms with Gasteiger partial charge in [0.25, 0.3) is 0 Å². The van der Waals surface area contributed by atoms with Crippen molar-refractivity contribution in [3.63, 3.8) is 0 Å². The molecule has 0 radical (unpaired) electrons. The molecule has 0 unspecified atom stereocenters. The first kappa shape index (κ1) is 10.9. The molecule has 3 rings (SSSR count). The Morgan fingerprint density at radius 3 is 2.67 bits per heavy atom. The molecule has 1 aromatic heterocycles. The average Bonchev–Trinajstić information content (AvgIpc) is 2.75. The van der Waals surface area contributed by atoms with Crippen LogP contribution in [0.15, 0.2) is 42.6 Å². The van der Waals surface area contributed by atoms with Gasteiger partial charge in [-0.15, -0.1) is 0 Å². The van der Waals surface area contributed by atoms with Crippen LogP contribution >= 0.6 is 0 Å². The second kappa shape index (κ2) is 3.91. The Hall–Kier alpha value is -2.22. The van der Waals surface area contributed by atoms with E-state index in [0.717, 1.165) is 22.2 Å². The van der Waals surface area contributed by atoms with Crippen molar-refractivity contribution in [1.29, 1.82) is 0 Å². The molecule has 2 heteroatoms. The van der Waals surface area contributed by atoms with Crippen molar-refractivity contribution in [1.82, 2.24) is 4.98 Å². The molecule has 2 N–H and O–H groups in total. The summed E-state index contributed by atoms with van der Waals surface area (Å²) in [5.41, 5.74) is 5.36. The van der Waals surface area contributed by atoms with Gasteiger partial charge in [-0.3, -0.25) is 0 Å². The molecule has 0 bridgehead atoms. The number of aromatic amines is 1. The van der Waals surface area contributed by atoms with Gasteiger partial charge in [-0.1, -0.05) is 29.8 Å². The van der Waals surface area contributed by atoms with Gasteiger partial charge >= 0.3 is 0 Å². The van der Waals surface area contributed by atoms with Crippen molar-refractivity contribution in [2.75, 3.05) is 0 Å². The van der Waals surface area contributed by atoms with Crippen LogP contribution in [0.2, 0.25) is 0 Å². The Balaban J connectivity index is 2.34. The van der Waals surface area contributed by atoms with Crippen LogP contribution < -0.4 is 0 Å². The summed E-state index contributed by atoms with van der Waals surface area (Å²) in [5.74, 6) is 0.320. The Labute approximate surface area is 106 Å². The zero-order valence-corrected chi connectivity index (χ0v) is 10.5. The maximum atomic E-state index is 10.0. The lowest BCUT2D eigenvalue weighted by molar-refractivity contribution is 0.477. The highest BCUT2D eigenvalue weighted by Gasteiger charge is 2.10. The molecule has 1 heterocycles. The number of aromatic nitrogens is 1. The van der Waals surface area contributed by atoms with E-state index >= 15 is 0 Å². The van der Waals surface area contributed by atoms with Crippen LogP contribution in [0.3, 0.4) is 0 Å². The van der Waals surface area contributed by atoms with Gasteiger partial charge in [0.05, 0.1) is 5.52 Å². The third-order valence-electron chi connectivity index (χ3n) is 3.36. The lowest BCUT2D eigenvalue weighted by atomic mass is 9.99. The Kier molecular flexibility index (Phi) is 2.37. The summed E-state index contributed by atoms with van der Waals surface area (Å²) in [4.78, 5) is 3.29. The van der Waals surface area contributed by atoms with Gasteiger partial charge in [-0.2, -0.15) is 0 Å². The number of fused-ring (bicyclic) bond motifs is 1. The van der Waals surface area contributed by atoms with Crippen molar-refractivity contribution in [3.8, 4) is 16.9 Å². The maximum Gasteiger partial charge on any atom is 0.123 e. The van der Waals surface area contributed by atoms with Crippen molar-refractivity contribution in [2.45, 2.75) is 13.8 Å². The largest absolute Gasteiger partial charge is 0.507 e. The van der Waals surface area contributed by atoms with E-state index in [1.165, 1.54) is 10.9 Å². The maximum absolute atomic E-state index is 10.0. The summed E-state index contributed by atoms with van der Waals surface area (Å²) in [6, 6.07) is 11.8. The number of nitrogens with one attached hydrogen (secondary N) is 1. The van der Waals surface area contributed by atoms with Crippen LogP contribution in [0.1, 0.15) is 11.1 Å². The number of hydrogen-bond acceptors (Lipinski definition) is 1. The lowest BCUT2D eigenvalue weighted by Crippen LogP contribution is -1.83. The highest BCUT2D eigenvalue weighted by molar-refractivity contribution is 5.97. The molecule has 0 aliphatic carbocycles. The third-order valence-corrected chi connectivity index (χ3v) is 3.36. The Bertz CT molecular complexity index is 725. The van der Waals surface area contributed by atoms with Crippen molar-refractivity contribution in [2.24, 2.45) is 0 Å². The number of para-hydroxylation sites is 1. The topological polar surface area (TPSA) is 36.0 Å². The van der Waals surface area contributed by atoms with Crippen LogP contribution in [-0.2, 0) is 0 Å². The highest BCUT2D eigenvalue weighted by atomic mass is 16.3. The van der Waals surface area contributed by atoms with Gasteiger partial charge in [0, 0.05) is 22.7 Å². The number of phenolic OH excluding ortho intramolecular Hbond substituents is 1.